The molecule has 0 bridgehead atoms. The number of H-pyrrole nitrogens is 1. The van der Waals surface area contributed by atoms with Gasteiger partial charge >= 0.3 is 0 Å². The lowest BCUT2D eigenvalue weighted by Gasteiger charge is -2.04. The average Bonchev–Trinajstić information content (AvgIpc) is 3.26. The highest BCUT2D eigenvalue weighted by Gasteiger charge is 2.23. The molecule has 1 amide bonds. The normalized spacial score (nSPS) is 15.3. The Morgan fingerprint density at radius 1 is 1.25 bits per heavy atom. The van der Waals surface area contributed by atoms with Crippen LogP contribution in [0.4, 0.5) is 0 Å². The number of ether oxygens (including phenoxy) is 2. The minimum absolute atomic E-state index is 0.0569. The molecule has 2 aliphatic rings. The van der Waals surface area contributed by atoms with Crippen molar-refractivity contribution in [3.8, 4) is 22.9 Å². The Balaban J connectivity index is 1.47. The van der Waals surface area contributed by atoms with Crippen LogP contribution in [0, 0.1) is 0 Å². The van der Waals surface area contributed by atoms with E-state index in [-0.39, 0.29) is 36.8 Å². The molecule has 2 N–H and O–H groups in total. The lowest BCUT2D eigenvalue weighted by molar-refractivity contribution is -0.121. The van der Waals surface area contributed by atoms with Crippen molar-refractivity contribution < 1.29 is 14.3 Å². The SMILES string of the molecule is O=C(CCc1nnc(-c2ccc3c(c2)OCO3)[nH]c1=O)NC1CC1. The third-order valence-electron chi connectivity index (χ3n) is 3.94. The molecule has 1 aromatic carbocycles. The van der Waals surface area contributed by atoms with E-state index in [0.29, 0.717) is 28.9 Å². The molecule has 0 spiro atoms. The minimum atomic E-state index is -0.336. The molecule has 1 fully saturated rings. The molecule has 0 unspecified atom stereocenters. The Hall–Kier alpha value is -2.90. The Morgan fingerprint density at radius 3 is 2.88 bits per heavy atom. The summed E-state index contributed by atoms with van der Waals surface area (Å²) < 4.78 is 10.6. The van der Waals surface area contributed by atoms with Gasteiger partial charge in [0.2, 0.25) is 12.7 Å². The van der Waals surface area contributed by atoms with Crippen LogP contribution in [0.1, 0.15) is 25.0 Å². The molecule has 8 nitrogen and oxygen atoms in total. The zero-order chi connectivity index (χ0) is 16.5. The Morgan fingerprint density at radius 2 is 2.08 bits per heavy atom. The lowest BCUT2D eigenvalue weighted by Crippen LogP contribution is -2.27. The number of carbonyl (C=O) groups is 1. The number of hydrogen-bond acceptors (Lipinski definition) is 6. The summed E-state index contributed by atoms with van der Waals surface area (Å²) in [5.41, 5.74) is 0.601. The van der Waals surface area contributed by atoms with Crippen molar-refractivity contribution in [3.63, 3.8) is 0 Å². The van der Waals surface area contributed by atoms with Crippen LogP contribution < -0.4 is 20.3 Å². The number of benzene rings is 1. The summed E-state index contributed by atoms with van der Waals surface area (Å²) >= 11 is 0. The van der Waals surface area contributed by atoms with E-state index in [4.69, 9.17) is 9.47 Å². The van der Waals surface area contributed by atoms with E-state index >= 15 is 0 Å². The average molecular weight is 328 g/mol. The fourth-order valence-electron chi connectivity index (χ4n) is 2.46. The summed E-state index contributed by atoms with van der Waals surface area (Å²) in [6, 6.07) is 5.59. The zero-order valence-electron chi connectivity index (χ0n) is 12.9. The van der Waals surface area contributed by atoms with Crippen LogP contribution in [0.3, 0.4) is 0 Å². The van der Waals surface area contributed by atoms with Crippen LogP contribution in [-0.2, 0) is 11.2 Å². The highest BCUT2D eigenvalue weighted by Crippen LogP contribution is 2.34. The fraction of sp³-hybridized carbons (Fsp3) is 0.375. The van der Waals surface area contributed by atoms with Crippen LogP contribution in [-0.4, -0.2) is 33.9 Å². The third-order valence-corrected chi connectivity index (χ3v) is 3.94. The number of hydrogen-bond donors (Lipinski definition) is 2. The number of carbonyl (C=O) groups excluding carboxylic acids is 1. The maximum absolute atomic E-state index is 12.1. The number of aryl methyl sites for hydroxylation is 1. The molecule has 0 saturated heterocycles. The van der Waals surface area contributed by atoms with Crippen molar-refractivity contribution in [2.45, 2.75) is 31.7 Å². The number of aromatic amines is 1. The predicted octanol–water partition coefficient (Wildman–Crippen LogP) is 0.772. The highest BCUT2D eigenvalue weighted by atomic mass is 16.7. The van der Waals surface area contributed by atoms with Crippen LogP contribution in [0.2, 0.25) is 0 Å². The molecule has 24 heavy (non-hydrogen) atoms. The van der Waals surface area contributed by atoms with Crippen molar-refractivity contribution in [3.05, 3.63) is 34.2 Å². The van der Waals surface area contributed by atoms with Gasteiger partial charge in [-0.1, -0.05) is 0 Å². The lowest BCUT2D eigenvalue weighted by atomic mass is 10.2. The molecule has 4 rings (SSSR count). The van der Waals surface area contributed by atoms with Crippen molar-refractivity contribution in [1.82, 2.24) is 20.5 Å². The molecule has 124 valence electrons. The summed E-state index contributed by atoms with van der Waals surface area (Å²) in [5.74, 6) is 1.56. The quantitative estimate of drug-likeness (QED) is 0.840. The summed E-state index contributed by atoms with van der Waals surface area (Å²) in [7, 11) is 0. The molecular weight excluding hydrogens is 312 g/mol. The van der Waals surface area contributed by atoms with Crippen LogP contribution in [0.25, 0.3) is 11.4 Å². The largest absolute Gasteiger partial charge is 0.454 e. The Bertz CT molecular complexity index is 844. The number of amides is 1. The van der Waals surface area contributed by atoms with Gasteiger partial charge in [-0.3, -0.25) is 9.59 Å². The van der Waals surface area contributed by atoms with Gasteiger partial charge in [0.25, 0.3) is 5.56 Å². The van der Waals surface area contributed by atoms with E-state index in [0.717, 1.165) is 12.8 Å². The number of nitrogens with zero attached hydrogens (tertiary/aromatic N) is 2. The number of nitrogens with one attached hydrogen (secondary N) is 2. The van der Waals surface area contributed by atoms with Gasteiger partial charge in [0, 0.05) is 24.4 Å². The first-order valence-electron chi connectivity index (χ1n) is 7.84. The monoisotopic (exact) mass is 328 g/mol. The topological polar surface area (TPSA) is 106 Å². The molecule has 1 aliphatic heterocycles. The fourth-order valence-corrected chi connectivity index (χ4v) is 2.46. The van der Waals surface area contributed by atoms with Gasteiger partial charge in [-0.25, -0.2) is 0 Å². The third kappa shape index (κ3) is 3.08. The molecule has 1 aromatic heterocycles. The summed E-state index contributed by atoms with van der Waals surface area (Å²) in [5, 5.41) is 10.9. The van der Waals surface area contributed by atoms with Crippen LogP contribution in [0.15, 0.2) is 23.0 Å². The predicted molar refractivity (Wildman–Crippen MR) is 83.7 cm³/mol. The van der Waals surface area contributed by atoms with E-state index in [2.05, 4.69) is 20.5 Å². The Kier molecular flexibility index (Phi) is 3.64. The molecular formula is C16H16N4O4. The number of aromatic nitrogens is 3. The molecule has 2 aromatic rings. The Labute approximate surface area is 137 Å². The molecule has 1 aliphatic carbocycles. The smallest absolute Gasteiger partial charge is 0.273 e. The van der Waals surface area contributed by atoms with Gasteiger partial charge < -0.3 is 19.8 Å². The first kappa shape index (κ1) is 14.7. The van der Waals surface area contributed by atoms with E-state index < -0.39 is 0 Å². The summed E-state index contributed by atoms with van der Waals surface area (Å²) in [6.07, 6.45) is 2.58. The number of fused-ring (bicyclic) bond motifs is 1. The van der Waals surface area contributed by atoms with E-state index in [1.54, 1.807) is 18.2 Å². The zero-order valence-corrected chi connectivity index (χ0v) is 12.9. The van der Waals surface area contributed by atoms with E-state index in [9.17, 15) is 9.59 Å². The minimum Gasteiger partial charge on any atom is -0.454 e. The van der Waals surface area contributed by atoms with Crippen molar-refractivity contribution in [1.29, 1.82) is 0 Å². The van der Waals surface area contributed by atoms with Crippen molar-refractivity contribution >= 4 is 5.91 Å². The van der Waals surface area contributed by atoms with E-state index in [1.165, 1.54) is 0 Å². The molecule has 1 saturated carbocycles. The standard InChI is InChI=1S/C16H16N4O4/c21-14(17-10-2-3-10)6-4-11-16(22)18-15(20-19-11)9-1-5-12-13(7-9)24-8-23-12/h1,5,7,10H,2-4,6,8H2,(H,17,21)(H,18,20,22). The summed E-state index contributed by atoms with van der Waals surface area (Å²) in [4.78, 5) is 26.5. The van der Waals surface area contributed by atoms with Gasteiger partial charge in [0.05, 0.1) is 0 Å². The maximum atomic E-state index is 12.1. The van der Waals surface area contributed by atoms with Crippen LogP contribution in [0.5, 0.6) is 11.5 Å². The van der Waals surface area contributed by atoms with Gasteiger partial charge in [-0.2, -0.15) is 0 Å². The van der Waals surface area contributed by atoms with Gasteiger partial charge in [-0.05, 0) is 31.0 Å². The first-order chi connectivity index (χ1) is 11.7. The molecule has 0 radical (unpaired) electrons. The maximum Gasteiger partial charge on any atom is 0.273 e. The molecule has 0 atom stereocenters. The summed E-state index contributed by atoms with van der Waals surface area (Å²) in [6.45, 7) is 0.183. The van der Waals surface area contributed by atoms with Crippen molar-refractivity contribution in [2.75, 3.05) is 6.79 Å². The number of rotatable bonds is 5. The van der Waals surface area contributed by atoms with Gasteiger partial charge in [-0.15, -0.1) is 10.2 Å². The van der Waals surface area contributed by atoms with Crippen LogP contribution >= 0.6 is 0 Å². The van der Waals surface area contributed by atoms with Gasteiger partial charge in [0.1, 0.15) is 5.69 Å². The van der Waals surface area contributed by atoms with E-state index in [1.807, 2.05) is 0 Å². The van der Waals surface area contributed by atoms with Gasteiger partial charge in [0.15, 0.2) is 17.3 Å². The second kappa shape index (κ2) is 5.95. The molecule has 2 heterocycles. The second-order valence-corrected chi connectivity index (χ2v) is 5.86. The van der Waals surface area contributed by atoms with Crippen molar-refractivity contribution in [2.24, 2.45) is 0 Å². The molecule has 8 heteroatoms. The second-order valence-electron chi connectivity index (χ2n) is 5.86. The first-order valence-corrected chi connectivity index (χ1v) is 7.84. The highest BCUT2D eigenvalue weighted by molar-refractivity contribution is 5.76.